The van der Waals surface area contributed by atoms with E-state index in [1.54, 1.807) is 60.7 Å². The van der Waals surface area contributed by atoms with E-state index in [4.69, 9.17) is 10.2 Å². The van der Waals surface area contributed by atoms with E-state index in [0.717, 1.165) is 11.1 Å². The van der Waals surface area contributed by atoms with Gasteiger partial charge in [0.15, 0.2) is 0 Å². The summed E-state index contributed by atoms with van der Waals surface area (Å²) in [6.07, 6.45) is 7.95. The Kier molecular flexibility index (Phi) is 12.8. The molecule has 0 amide bonds. The summed E-state index contributed by atoms with van der Waals surface area (Å²) >= 11 is 0. The van der Waals surface area contributed by atoms with Crippen molar-refractivity contribution in [2.75, 3.05) is 13.2 Å². The number of carbonyl (C=O) groups excluding carboxylic acids is 2. The number of aromatic carboxylic acids is 2. The van der Waals surface area contributed by atoms with E-state index in [1.807, 2.05) is 12.2 Å². The van der Waals surface area contributed by atoms with Crippen molar-refractivity contribution in [3.05, 3.63) is 95.1 Å². The third-order valence-corrected chi connectivity index (χ3v) is 4.27. The van der Waals surface area contributed by atoms with E-state index < -0.39 is 11.9 Å². The van der Waals surface area contributed by atoms with Gasteiger partial charge in [0.05, 0.1) is 11.1 Å². The lowest BCUT2D eigenvalue weighted by atomic mass is 10.0. The van der Waals surface area contributed by atoms with Gasteiger partial charge in [0.1, 0.15) is 13.2 Å². The predicted octanol–water partition coefficient (Wildman–Crippen LogP) is 4.09. The summed E-state index contributed by atoms with van der Waals surface area (Å²) in [5.74, 6) is -2.54. The van der Waals surface area contributed by atoms with Crippen molar-refractivity contribution < 1.29 is 38.9 Å². The summed E-state index contributed by atoms with van der Waals surface area (Å²) in [6.45, 7) is 3.10. The minimum Gasteiger partial charge on any atom is -0.478 e. The molecule has 0 spiro atoms. The van der Waals surface area contributed by atoms with Crippen LogP contribution < -0.4 is 0 Å². The van der Waals surface area contributed by atoms with Gasteiger partial charge in [-0.3, -0.25) is 9.59 Å². The van der Waals surface area contributed by atoms with E-state index in [-0.39, 0.29) is 36.3 Å². The molecule has 0 bridgehead atoms. The molecule has 0 radical (unpaired) electrons. The fourth-order valence-electron chi connectivity index (χ4n) is 2.70. The van der Waals surface area contributed by atoms with Crippen molar-refractivity contribution in [2.24, 2.45) is 0 Å². The second kappa shape index (κ2) is 15.6. The number of ether oxygens (including phenoxy) is 2. The van der Waals surface area contributed by atoms with Crippen LogP contribution in [0.3, 0.4) is 0 Å². The van der Waals surface area contributed by atoms with Crippen LogP contribution in [0.15, 0.2) is 72.8 Å². The maximum Gasteiger partial charge on any atom is 0.335 e. The molecule has 2 aromatic carbocycles. The summed E-state index contributed by atoms with van der Waals surface area (Å²) in [5.41, 5.74) is 2.05. The molecule has 0 aliphatic heterocycles. The van der Waals surface area contributed by atoms with Crippen LogP contribution in [-0.4, -0.2) is 47.3 Å². The summed E-state index contributed by atoms with van der Waals surface area (Å²) in [4.78, 5) is 42.7. The van der Waals surface area contributed by atoms with Gasteiger partial charge in [0.2, 0.25) is 0 Å². The van der Waals surface area contributed by atoms with Crippen LogP contribution in [0.4, 0.5) is 0 Å². The number of allylic oxidation sites excluding steroid dienone is 2. The first-order chi connectivity index (χ1) is 16.2. The Morgan fingerprint density at radius 1 is 0.647 bits per heavy atom. The molecule has 34 heavy (non-hydrogen) atoms. The van der Waals surface area contributed by atoms with E-state index in [2.05, 4.69) is 9.47 Å². The summed E-state index contributed by atoms with van der Waals surface area (Å²) in [5, 5.41) is 18.2. The van der Waals surface area contributed by atoms with Crippen molar-refractivity contribution in [3.8, 4) is 0 Å². The molecular formula is C26H28O8. The van der Waals surface area contributed by atoms with E-state index in [9.17, 15) is 19.2 Å². The predicted molar refractivity (Wildman–Crippen MR) is 126 cm³/mol. The van der Waals surface area contributed by atoms with E-state index >= 15 is 0 Å². The zero-order valence-electron chi connectivity index (χ0n) is 19.1. The zero-order chi connectivity index (χ0) is 25.3. The highest BCUT2D eigenvalue weighted by atomic mass is 16.5. The average molecular weight is 469 g/mol. The number of benzene rings is 2. The van der Waals surface area contributed by atoms with Gasteiger partial charge in [0.25, 0.3) is 0 Å². The highest BCUT2D eigenvalue weighted by Crippen LogP contribution is 2.12. The monoisotopic (exact) mass is 468 g/mol. The molecule has 2 aromatic rings. The normalized spacial score (nSPS) is 10.4. The molecule has 2 rings (SSSR count). The molecule has 8 nitrogen and oxygen atoms in total. The van der Waals surface area contributed by atoms with Gasteiger partial charge in [-0.05, 0) is 48.3 Å². The smallest absolute Gasteiger partial charge is 0.335 e. The van der Waals surface area contributed by atoms with Crippen LogP contribution in [-0.2, 0) is 31.9 Å². The largest absolute Gasteiger partial charge is 0.478 e. The number of esters is 2. The van der Waals surface area contributed by atoms with Crippen LogP contribution in [0.25, 0.3) is 0 Å². The Labute approximate surface area is 198 Å². The van der Waals surface area contributed by atoms with Crippen molar-refractivity contribution in [1.82, 2.24) is 0 Å². The fourth-order valence-corrected chi connectivity index (χ4v) is 2.70. The molecule has 180 valence electrons. The Bertz CT molecular complexity index is 955. The minimum atomic E-state index is -0.944. The van der Waals surface area contributed by atoms with Gasteiger partial charge in [-0.1, -0.05) is 48.6 Å². The molecule has 0 fully saturated rings. The third-order valence-electron chi connectivity index (χ3n) is 4.27. The topological polar surface area (TPSA) is 127 Å². The molecular weight excluding hydrogens is 440 g/mol. The molecule has 2 N–H and O–H groups in total. The van der Waals surface area contributed by atoms with Crippen LogP contribution in [0.1, 0.15) is 45.7 Å². The lowest BCUT2D eigenvalue weighted by molar-refractivity contribution is -0.141. The second-order valence-corrected chi connectivity index (χ2v) is 6.88. The fraction of sp³-hybridized carbons (Fsp3) is 0.231. The van der Waals surface area contributed by atoms with Gasteiger partial charge in [0, 0.05) is 13.8 Å². The first-order valence-corrected chi connectivity index (χ1v) is 10.4. The molecule has 0 saturated heterocycles. The van der Waals surface area contributed by atoms with Crippen LogP contribution in [0, 0.1) is 0 Å². The highest BCUT2D eigenvalue weighted by molar-refractivity contribution is 5.90. The molecule has 0 unspecified atom stereocenters. The molecule has 0 aliphatic rings. The lowest BCUT2D eigenvalue weighted by Gasteiger charge is -2.03. The summed E-state index contributed by atoms with van der Waals surface area (Å²) in [7, 11) is 0. The number of hydrogen-bond donors (Lipinski definition) is 2. The number of carbonyl (C=O) groups is 4. The lowest BCUT2D eigenvalue weighted by Crippen LogP contribution is -2.02. The van der Waals surface area contributed by atoms with Gasteiger partial charge < -0.3 is 19.7 Å². The highest BCUT2D eigenvalue weighted by Gasteiger charge is 2.08. The van der Waals surface area contributed by atoms with E-state index in [1.165, 1.54) is 13.8 Å². The van der Waals surface area contributed by atoms with Crippen molar-refractivity contribution >= 4 is 23.9 Å². The third kappa shape index (κ3) is 11.4. The first kappa shape index (κ1) is 27.8. The molecule has 8 heteroatoms. The maximum absolute atomic E-state index is 11.1. The molecule has 0 atom stereocenters. The Morgan fingerprint density at radius 3 is 1.32 bits per heavy atom. The van der Waals surface area contributed by atoms with Crippen LogP contribution in [0.5, 0.6) is 0 Å². The summed E-state index contributed by atoms with van der Waals surface area (Å²) in [6, 6.07) is 13.7. The van der Waals surface area contributed by atoms with Gasteiger partial charge in [-0.2, -0.15) is 0 Å². The van der Waals surface area contributed by atoms with Crippen molar-refractivity contribution in [2.45, 2.75) is 26.7 Å². The summed E-state index contributed by atoms with van der Waals surface area (Å²) < 4.78 is 9.17. The average Bonchev–Trinajstić information content (AvgIpc) is 2.79. The Morgan fingerprint density at radius 2 is 1.00 bits per heavy atom. The van der Waals surface area contributed by atoms with Gasteiger partial charge >= 0.3 is 23.9 Å². The Balaban J connectivity index is 0.000000411. The molecule has 0 saturated carbocycles. The van der Waals surface area contributed by atoms with Gasteiger partial charge in [-0.25, -0.2) is 9.59 Å². The number of carboxylic acid groups (broad SMARTS) is 2. The van der Waals surface area contributed by atoms with Gasteiger partial charge in [-0.15, -0.1) is 0 Å². The first-order valence-electron chi connectivity index (χ1n) is 10.4. The maximum atomic E-state index is 11.1. The quantitative estimate of drug-likeness (QED) is 0.394. The molecule has 0 aliphatic carbocycles. The molecule has 0 aromatic heterocycles. The van der Waals surface area contributed by atoms with Crippen molar-refractivity contribution in [1.29, 1.82) is 0 Å². The second-order valence-electron chi connectivity index (χ2n) is 6.88. The number of rotatable bonds is 10. The number of hydrogen-bond acceptors (Lipinski definition) is 6. The molecule has 0 heterocycles. The Hall–Kier alpha value is -4.20. The van der Waals surface area contributed by atoms with Crippen LogP contribution in [0.2, 0.25) is 0 Å². The standard InChI is InChI=1S/C18H16O4.C8H12O4/c19-17(20)15-11-5-3-9-13(15)7-1-2-8-14-10-4-6-12-16(14)18(21)22;1-7(9)11-5-3-4-6-12-8(2)10/h1-6,9-12H,7-8H2,(H,19,20)(H,21,22);3-4H,5-6H2,1-2H3/b2-1-;4-3-. The minimum absolute atomic E-state index is 0.219. The van der Waals surface area contributed by atoms with Crippen molar-refractivity contribution in [3.63, 3.8) is 0 Å². The van der Waals surface area contributed by atoms with E-state index in [0.29, 0.717) is 12.8 Å². The zero-order valence-corrected chi connectivity index (χ0v) is 19.1. The SMILES string of the molecule is CC(=O)OC/C=C\COC(C)=O.O=C(O)c1ccccc1C/C=C\Cc1ccccc1C(=O)O. The van der Waals surface area contributed by atoms with Crippen LogP contribution >= 0.6 is 0 Å². The number of carboxylic acids is 2.